The number of Topliss-reactive ketones (excluding diaryl/α,β-unsaturated/α-hetero) is 1. The number of nitrogens with zero attached hydrogens (tertiary/aromatic N) is 1. The third-order valence-corrected chi connectivity index (χ3v) is 1.48. The third kappa shape index (κ3) is 2.27. The first-order chi connectivity index (χ1) is 6.30. The van der Waals surface area contributed by atoms with Gasteiger partial charge in [0.1, 0.15) is 5.69 Å². The number of rotatable bonds is 1. The number of aromatic nitrogens is 1. The highest BCUT2D eigenvalue weighted by atomic mass is 19.4. The van der Waals surface area contributed by atoms with Crippen LogP contribution in [0.15, 0.2) is 12.1 Å². The Hall–Kier alpha value is -1.46. The number of pyridine rings is 1. The maximum absolute atomic E-state index is 12.6. The van der Waals surface area contributed by atoms with Crippen molar-refractivity contribution in [2.45, 2.75) is 13.1 Å². The topological polar surface area (TPSA) is 30.0 Å². The van der Waals surface area contributed by atoms with Crippen molar-refractivity contribution in [3.8, 4) is 0 Å². The van der Waals surface area contributed by atoms with Gasteiger partial charge in [0.2, 0.25) is 5.95 Å². The second-order valence-corrected chi connectivity index (χ2v) is 2.62. The van der Waals surface area contributed by atoms with E-state index < -0.39 is 29.2 Å². The fourth-order valence-electron chi connectivity index (χ4n) is 0.841. The molecule has 1 rings (SSSR count). The molecule has 1 aromatic heterocycles. The molecule has 0 bridgehead atoms. The summed E-state index contributed by atoms with van der Waals surface area (Å²) in [5, 5.41) is 0. The van der Waals surface area contributed by atoms with E-state index in [-0.39, 0.29) is 6.07 Å². The number of ketones is 1. The molecule has 0 aromatic carbocycles. The van der Waals surface area contributed by atoms with Crippen molar-refractivity contribution in [3.05, 3.63) is 29.3 Å². The lowest BCUT2D eigenvalue weighted by Gasteiger charge is -2.06. The van der Waals surface area contributed by atoms with Crippen LogP contribution >= 0.6 is 0 Å². The van der Waals surface area contributed by atoms with Crippen molar-refractivity contribution >= 4 is 5.78 Å². The number of hydrogen-bond donors (Lipinski definition) is 0. The first kappa shape index (κ1) is 10.6. The van der Waals surface area contributed by atoms with Gasteiger partial charge in [-0.15, -0.1) is 0 Å². The lowest BCUT2D eigenvalue weighted by Crippen LogP contribution is -2.09. The molecule has 1 heterocycles. The summed E-state index contributed by atoms with van der Waals surface area (Å²) in [6, 6.07) is 0.762. The zero-order valence-corrected chi connectivity index (χ0v) is 7.02. The fraction of sp³-hybridized carbons (Fsp3) is 0.250. The van der Waals surface area contributed by atoms with Crippen LogP contribution in [0.1, 0.15) is 23.0 Å². The van der Waals surface area contributed by atoms with Crippen LogP contribution in [-0.4, -0.2) is 10.8 Å². The first-order valence-electron chi connectivity index (χ1n) is 3.56. The summed E-state index contributed by atoms with van der Waals surface area (Å²) in [6.45, 7) is 1.02. The molecule has 0 amide bonds. The highest BCUT2D eigenvalue weighted by Gasteiger charge is 2.32. The molecule has 76 valence electrons. The van der Waals surface area contributed by atoms with Crippen molar-refractivity contribution in [2.75, 3.05) is 0 Å². The van der Waals surface area contributed by atoms with Crippen molar-refractivity contribution < 1.29 is 22.4 Å². The van der Waals surface area contributed by atoms with Gasteiger partial charge in [-0.05, 0) is 6.07 Å². The van der Waals surface area contributed by atoms with Gasteiger partial charge in [-0.1, -0.05) is 0 Å². The van der Waals surface area contributed by atoms with Gasteiger partial charge in [-0.3, -0.25) is 4.79 Å². The van der Waals surface area contributed by atoms with E-state index in [4.69, 9.17) is 0 Å². The Labute approximate surface area is 76.6 Å². The van der Waals surface area contributed by atoms with Gasteiger partial charge in [0, 0.05) is 13.0 Å². The highest BCUT2D eigenvalue weighted by Crippen LogP contribution is 2.29. The van der Waals surface area contributed by atoms with E-state index in [1.807, 2.05) is 0 Å². The van der Waals surface area contributed by atoms with Crippen LogP contribution in [0, 0.1) is 5.95 Å². The van der Waals surface area contributed by atoms with Gasteiger partial charge in [-0.2, -0.15) is 17.6 Å². The number of carbonyl (C=O) groups is 1. The van der Waals surface area contributed by atoms with Crippen molar-refractivity contribution in [3.63, 3.8) is 0 Å². The normalized spacial score (nSPS) is 11.5. The largest absolute Gasteiger partial charge is 0.416 e. The van der Waals surface area contributed by atoms with Gasteiger partial charge < -0.3 is 0 Å². The molecule has 0 saturated heterocycles. The van der Waals surface area contributed by atoms with Crippen LogP contribution in [0.5, 0.6) is 0 Å². The first-order valence-corrected chi connectivity index (χ1v) is 3.56. The minimum absolute atomic E-state index is 0.242. The predicted molar refractivity (Wildman–Crippen MR) is 39.2 cm³/mol. The maximum Gasteiger partial charge on any atom is 0.416 e. The Morgan fingerprint density at radius 2 is 1.93 bits per heavy atom. The monoisotopic (exact) mass is 207 g/mol. The third-order valence-electron chi connectivity index (χ3n) is 1.48. The molecule has 2 nitrogen and oxygen atoms in total. The van der Waals surface area contributed by atoms with Crippen LogP contribution in [0.3, 0.4) is 0 Å². The summed E-state index contributed by atoms with van der Waals surface area (Å²) in [4.78, 5) is 13.7. The molecule has 0 saturated carbocycles. The molecule has 0 spiro atoms. The summed E-state index contributed by atoms with van der Waals surface area (Å²) in [5.74, 6) is -2.03. The summed E-state index contributed by atoms with van der Waals surface area (Å²) < 4.78 is 48.9. The van der Waals surface area contributed by atoms with E-state index >= 15 is 0 Å². The molecule has 0 atom stereocenters. The molecule has 0 aliphatic rings. The van der Waals surface area contributed by atoms with Gasteiger partial charge in [-0.25, -0.2) is 4.98 Å². The average Bonchev–Trinajstić information content (AvgIpc) is 2.01. The molecule has 6 heteroatoms. The average molecular weight is 207 g/mol. The summed E-state index contributed by atoms with van der Waals surface area (Å²) >= 11 is 0. The highest BCUT2D eigenvalue weighted by molar-refractivity contribution is 5.92. The van der Waals surface area contributed by atoms with Crippen molar-refractivity contribution in [1.82, 2.24) is 4.98 Å². The smallest absolute Gasteiger partial charge is 0.293 e. The standard InChI is InChI=1S/C8H5F4NO/c1-4(14)6-2-5(8(10,11)12)3-7(9)13-6/h2-3H,1H3. The quantitative estimate of drug-likeness (QED) is 0.402. The Morgan fingerprint density at radius 3 is 2.36 bits per heavy atom. The molecule has 0 unspecified atom stereocenters. The molecule has 0 aliphatic carbocycles. The minimum atomic E-state index is -4.67. The van der Waals surface area contributed by atoms with Crippen LogP contribution in [0.2, 0.25) is 0 Å². The molecule has 0 aliphatic heterocycles. The van der Waals surface area contributed by atoms with Gasteiger partial charge >= 0.3 is 6.18 Å². The zero-order chi connectivity index (χ0) is 10.9. The SMILES string of the molecule is CC(=O)c1cc(C(F)(F)F)cc(F)n1. The van der Waals surface area contributed by atoms with Crippen molar-refractivity contribution in [2.24, 2.45) is 0 Å². The molecular formula is C8H5F4NO. The van der Waals surface area contributed by atoms with E-state index in [9.17, 15) is 22.4 Å². The van der Waals surface area contributed by atoms with E-state index in [0.717, 1.165) is 6.92 Å². The number of halogens is 4. The van der Waals surface area contributed by atoms with Gasteiger partial charge in [0.25, 0.3) is 0 Å². The molecule has 0 radical (unpaired) electrons. The predicted octanol–water partition coefficient (Wildman–Crippen LogP) is 2.44. The summed E-state index contributed by atoms with van der Waals surface area (Å²) in [6.07, 6.45) is -4.67. The second kappa shape index (κ2) is 3.36. The van der Waals surface area contributed by atoms with E-state index in [1.54, 1.807) is 0 Å². The Balaban J connectivity index is 3.28. The van der Waals surface area contributed by atoms with Crippen LogP contribution in [0.25, 0.3) is 0 Å². The molecule has 1 aromatic rings. The lowest BCUT2D eigenvalue weighted by atomic mass is 10.2. The lowest BCUT2D eigenvalue weighted by molar-refractivity contribution is -0.137. The van der Waals surface area contributed by atoms with Gasteiger partial charge in [0.05, 0.1) is 5.56 Å². The van der Waals surface area contributed by atoms with Gasteiger partial charge in [0.15, 0.2) is 5.78 Å². The minimum Gasteiger partial charge on any atom is -0.293 e. The Kier molecular flexibility index (Phi) is 2.55. The van der Waals surface area contributed by atoms with E-state index in [1.165, 1.54) is 0 Å². The number of hydrogen-bond acceptors (Lipinski definition) is 2. The molecule has 0 fully saturated rings. The van der Waals surface area contributed by atoms with Crippen LogP contribution < -0.4 is 0 Å². The van der Waals surface area contributed by atoms with Crippen molar-refractivity contribution in [1.29, 1.82) is 0 Å². The molecule has 14 heavy (non-hydrogen) atoms. The second-order valence-electron chi connectivity index (χ2n) is 2.62. The van der Waals surface area contributed by atoms with Crippen LogP contribution in [0.4, 0.5) is 17.6 Å². The zero-order valence-electron chi connectivity index (χ0n) is 7.02. The van der Waals surface area contributed by atoms with E-state index in [2.05, 4.69) is 4.98 Å². The summed E-state index contributed by atoms with van der Waals surface area (Å²) in [5.41, 5.74) is -1.74. The van der Waals surface area contributed by atoms with E-state index in [0.29, 0.717) is 6.07 Å². The Bertz CT molecular complexity index is 372. The molecular weight excluding hydrogens is 202 g/mol. The fourth-order valence-corrected chi connectivity index (χ4v) is 0.841. The van der Waals surface area contributed by atoms with Crippen LogP contribution in [-0.2, 0) is 6.18 Å². The number of alkyl halides is 3. The Morgan fingerprint density at radius 1 is 1.36 bits per heavy atom. The molecule has 0 N–H and O–H groups in total. The maximum atomic E-state index is 12.6. The summed E-state index contributed by atoms with van der Waals surface area (Å²) in [7, 11) is 0. The number of carbonyl (C=O) groups excluding carboxylic acids is 1.